The minimum absolute atomic E-state index is 0.234. The fraction of sp³-hybridized carbons (Fsp3) is 0.348. The average Bonchev–Trinajstić information content (AvgIpc) is 3.08. The van der Waals surface area contributed by atoms with E-state index in [9.17, 15) is 9.59 Å². The van der Waals surface area contributed by atoms with Crippen molar-refractivity contribution in [2.45, 2.75) is 45.6 Å². The number of allylic oxidation sites excluding steroid dienone is 2. The molecule has 0 atom stereocenters. The summed E-state index contributed by atoms with van der Waals surface area (Å²) >= 11 is 0. The number of aryl methyl sites for hydroxylation is 2. The van der Waals surface area contributed by atoms with Gasteiger partial charge in [-0.25, -0.2) is 4.79 Å². The molecular weight excluding hydrogens is 366 g/mol. The number of fused-ring (bicyclic) bond motifs is 1. The van der Waals surface area contributed by atoms with E-state index in [2.05, 4.69) is 11.2 Å². The number of hydrogen-bond donors (Lipinski definition) is 0. The third-order valence-electron chi connectivity index (χ3n) is 5.45. The van der Waals surface area contributed by atoms with Gasteiger partial charge in [-0.2, -0.15) is 9.78 Å². The third-order valence-corrected chi connectivity index (χ3v) is 5.45. The summed E-state index contributed by atoms with van der Waals surface area (Å²) in [6, 6.07) is 7.58. The minimum Gasteiger partial charge on any atom is -0.465 e. The molecule has 4 rings (SSSR count). The lowest BCUT2D eigenvalue weighted by atomic mass is 9.97. The number of ether oxygens (including phenoxy) is 1. The predicted octanol–water partition coefficient (Wildman–Crippen LogP) is 4.12. The zero-order valence-electron chi connectivity index (χ0n) is 16.9. The molecule has 2 heterocycles. The molecule has 0 radical (unpaired) electrons. The second kappa shape index (κ2) is 8.07. The van der Waals surface area contributed by atoms with E-state index in [0.29, 0.717) is 29.1 Å². The molecule has 2 aliphatic heterocycles. The van der Waals surface area contributed by atoms with Crippen LogP contribution in [0.25, 0.3) is 16.9 Å². The Bertz CT molecular complexity index is 1110. The van der Waals surface area contributed by atoms with Gasteiger partial charge in [-0.3, -0.25) is 4.79 Å². The van der Waals surface area contributed by atoms with Gasteiger partial charge in [0.1, 0.15) is 11.3 Å². The van der Waals surface area contributed by atoms with Crippen molar-refractivity contribution in [1.29, 1.82) is 0 Å². The molecule has 6 nitrogen and oxygen atoms in total. The Kier molecular flexibility index (Phi) is 5.34. The number of hydrogen-bond acceptors (Lipinski definition) is 4. The lowest BCUT2D eigenvalue weighted by Crippen LogP contribution is -2.16. The number of carbonyl (C=O) groups is 1. The summed E-state index contributed by atoms with van der Waals surface area (Å²) in [6.07, 6.45) is 11.5. The number of carbonyl (C=O) groups excluding carboxylic acids is 1. The van der Waals surface area contributed by atoms with Gasteiger partial charge in [-0.05, 0) is 56.7 Å². The van der Waals surface area contributed by atoms with Crippen LogP contribution in [0.4, 0.5) is 0 Å². The molecule has 0 saturated carbocycles. The standard InChI is InChI=1S/C23H25N3O3/c1-16-7-6-10-18(13-16)26-22(27)19-14-25(12-11-17-8-4-3-5-9-17)15-20(21(19)24-26)23(28)29-2/h6-8,10,13-15H,3-5,9,11-12H2,1-2H3. The van der Waals surface area contributed by atoms with Crippen LogP contribution < -0.4 is 5.56 Å². The van der Waals surface area contributed by atoms with Crippen LogP contribution in [0, 0.1) is 6.92 Å². The summed E-state index contributed by atoms with van der Waals surface area (Å²) in [5.41, 5.74) is 4.03. The van der Waals surface area contributed by atoms with E-state index < -0.39 is 5.97 Å². The average molecular weight is 391 g/mol. The van der Waals surface area contributed by atoms with Crippen LogP contribution in [0.1, 0.15) is 48.0 Å². The monoisotopic (exact) mass is 391 g/mol. The molecule has 0 aromatic heterocycles. The Morgan fingerprint density at radius 1 is 1.24 bits per heavy atom. The lowest BCUT2D eigenvalue weighted by Gasteiger charge is -2.15. The van der Waals surface area contributed by atoms with Crippen molar-refractivity contribution in [3.63, 3.8) is 0 Å². The third kappa shape index (κ3) is 3.88. The van der Waals surface area contributed by atoms with Crippen molar-refractivity contribution >= 4 is 5.97 Å². The number of pyridine rings is 1. The van der Waals surface area contributed by atoms with Crippen LogP contribution in [0.2, 0.25) is 0 Å². The molecule has 0 fully saturated rings. The van der Waals surface area contributed by atoms with E-state index in [1.54, 1.807) is 12.4 Å². The highest BCUT2D eigenvalue weighted by atomic mass is 16.5. The molecule has 1 aliphatic carbocycles. The first-order chi connectivity index (χ1) is 14.1. The van der Waals surface area contributed by atoms with Gasteiger partial charge in [0.15, 0.2) is 0 Å². The highest BCUT2D eigenvalue weighted by Gasteiger charge is 2.25. The smallest absolute Gasteiger partial charge is 0.341 e. The molecule has 0 saturated heterocycles. The van der Waals surface area contributed by atoms with Gasteiger partial charge in [0, 0.05) is 18.9 Å². The van der Waals surface area contributed by atoms with Gasteiger partial charge in [-0.15, -0.1) is 0 Å². The van der Waals surface area contributed by atoms with E-state index in [1.807, 2.05) is 35.8 Å². The maximum absolute atomic E-state index is 13.1. The Balaban J connectivity index is 1.77. The van der Waals surface area contributed by atoms with Crippen molar-refractivity contribution < 1.29 is 9.53 Å². The van der Waals surface area contributed by atoms with E-state index in [0.717, 1.165) is 24.8 Å². The van der Waals surface area contributed by atoms with Gasteiger partial charge in [0.2, 0.25) is 0 Å². The van der Waals surface area contributed by atoms with Crippen molar-refractivity contribution in [2.75, 3.05) is 7.11 Å². The van der Waals surface area contributed by atoms with Crippen molar-refractivity contribution in [1.82, 2.24) is 14.3 Å². The SMILES string of the molecule is COC(=O)c1cn(CCC2=CCCCC2)cc2c(=O)n(-c3cccc(C)c3)nc1-2. The Morgan fingerprint density at radius 3 is 2.83 bits per heavy atom. The van der Waals surface area contributed by atoms with E-state index in [-0.39, 0.29) is 5.56 Å². The largest absolute Gasteiger partial charge is 0.465 e. The molecule has 0 spiro atoms. The van der Waals surface area contributed by atoms with Crippen molar-refractivity contribution in [2.24, 2.45) is 0 Å². The van der Waals surface area contributed by atoms with Crippen molar-refractivity contribution in [3.8, 4) is 16.9 Å². The number of esters is 1. The van der Waals surface area contributed by atoms with Crippen molar-refractivity contribution in [3.05, 3.63) is 69.8 Å². The fourth-order valence-electron chi connectivity index (χ4n) is 3.89. The molecule has 0 unspecified atom stereocenters. The molecule has 1 aromatic carbocycles. The molecule has 6 heteroatoms. The molecule has 0 bridgehead atoms. The molecular formula is C23H25N3O3. The highest BCUT2D eigenvalue weighted by molar-refractivity contribution is 5.96. The summed E-state index contributed by atoms with van der Waals surface area (Å²) in [5, 5.41) is 4.46. The van der Waals surface area contributed by atoms with Gasteiger partial charge < -0.3 is 9.30 Å². The first-order valence-corrected chi connectivity index (χ1v) is 10.0. The maximum atomic E-state index is 13.1. The predicted molar refractivity (Wildman–Crippen MR) is 112 cm³/mol. The van der Waals surface area contributed by atoms with Gasteiger partial charge >= 0.3 is 5.97 Å². The van der Waals surface area contributed by atoms with E-state index in [1.165, 1.54) is 30.2 Å². The normalized spacial score (nSPS) is 14.1. The highest BCUT2D eigenvalue weighted by Crippen LogP contribution is 2.25. The van der Waals surface area contributed by atoms with Crippen LogP contribution in [-0.2, 0) is 11.3 Å². The van der Waals surface area contributed by atoms with Gasteiger partial charge in [0.05, 0.1) is 18.4 Å². The van der Waals surface area contributed by atoms with E-state index >= 15 is 0 Å². The van der Waals surface area contributed by atoms with Crippen LogP contribution in [-0.4, -0.2) is 27.4 Å². The molecule has 0 N–H and O–H groups in total. The molecule has 1 aromatic rings. The fourth-order valence-corrected chi connectivity index (χ4v) is 3.89. The number of nitrogens with zero attached hydrogens (tertiary/aromatic N) is 3. The first kappa shape index (κ1) is 19.2. The zero-order valence-corrected chi connectivity index (χ0v) is 16.9. The molecule has 150 valence electrons. The zero-order chi connectivity index (χ0) is 20.4. The summed E-state index contributed by atoms with van der Waals surface area (Å²) in [4.78, 5) is 25.5. The number of benzene rings is 1. The summed E-state index contributed by atoms with van der Waals surface area (Å²) in [7, 11) is 1.34. The molecule has 3 aliphatic rings. The first-order valence-electron chi connectivity index (χ1n) is 10.0. The Morgan fingerprint density at radius 2 is 2.10 bits per heavy atom. The van der Waals surface area contributed by atoms with Crippen LogP contribution in [0.3, 0.4) is 0 Å². The minimum atomic E-state index is -0.491. The number of methoxy groups -OCH3 is 1. The van der Waals surface area contributed by atoms with Crippen LogP contribution in [0.5, 0.6) is 0 Å². The number of aromatic nitrogens is 3. The second-order valence-electron chi connectivity index (χ2n) is 7.58. The van der Waals surface area contributed by atoms with Gasteiger partial charge in [0.25, 0.3) is 5.56 Å². The lowest BCUT2D eigenvalue weighted by molar-refractivity contribution is 0.0600. The topological polar surface area (TPSA) is 66.1 Å². The Labute approximate surface area is 169 Å². The second-order valence-corrected chi connectivity index (χ2v) is 7.58. The van der Waals surface area contributed by atoms with Crippen LogP contribution in [0.15, 0.2) is 53.1 Å². The quantitative estimate of drug-likeness (QED) is 0.485. The molecule has 0 amide bonds. The van der Waals surface area contributed by atoms with Gasteiger partial charge in [-0.1, -0.05) is 23.8 Å². The maximum Gasteiger partial charge on any atom is 0.341 e. The molecule has 29 heavy (non-hydrogen) atoms. The number of rotatable bonds is 5. The summed E-state index contributed by atoms with van der Waals surface area (Å²) < 4.78 is 8.22. The van der Waals surface area contributed by atoms with E-state index in [4.69, 9.17) is 4.74 Å². The summed E-state index contributed by atoms with van der Waals surface area (Å²) in [6.45, 7) is 2.67. The Hall–Kier alpha value is -3.15. The summed E-state index contributed by atoms with van der Waals surface area (Å²) in [5.74, 6) is -0.491. The van der Waals surface area contributed by atoms with Crippen LogP contribution >= 0.6 is 0 Å².